The van der Waals surface area contributed by atoms with E-state index in [0.717, 1.165) is 0 Å². The van der Waals surface area contributed by atoms with Crippen LogP contribution < -0.4 is 0 Å². The van der Waals surface area contributed by atoms with Crippen molar-refractivity contribution >= 4 is 5.91 Å². The molecule has 1 amide bonds. The summed E-state index contributed by atoms with van der Waals surface area (Å²) in [5.74, 6) is -0.323. The van der Waals surface area contributed by atoms with Crippen LogP contribution in [0.5, 0.6) is 0 Å². The highest BCUT2D eigenvalue weighted by molar-refractivity contribution is 5.78. The van der Waals surface area contributed by atoms with Gasteiger partial charge in [0.15, 0.2) is 0 Å². The zero-order valence-corrected chi connectivity index (χ0v) is 8.28. The molecular formula is C11H12FNO2. The van der Waals surface area contributed by atoms with Crippen molar-refractivity contribution in [2.45, 2.75) is 6.42 Å². The number of rotatable bonds is 2. The molecule has 1 saturated heterocycles. The molecule has 1 aromatic rings. The van der Waals surface area contributed by atoms with Gasteiger partial charge < -0.3 is 9.64 Å². The van der Waals surface area contributed by atoms with E-state index in [1.807, 2.05) is 0 Å². The first-order chi connectivity index (χ1) is 7.25. The number of benzene rings is 1. The van der Waals surface area contributed by atoms with E-state index < -0.39 is 0 Å². The molecule has 0 radical (unpaired) electrons. The minimum atomic E-state index is -0.307. The van der Waals surface area contributed by atoms with Crippen LogP contribution in [0.1, 0.15) is 5.56 Å². The highest BCUT2D eigenvalue weighted by atomic mass is 19.1. The third kappa shape index (κ3) is 2.53. The monoisotopic (exact) mass is 209 g/mol. The van der Waals surface area contributed by atoms with Gasteiger partial charge in [-0.1, -0.05) is 12.1 Å². The van der Waals surface area contributed by atoms with Crippen LogP contribution in [-0.2, 0) is 16.0 Å². The molecule has 0 atom stereocenters. The summed E-state index contributed by atoms with van der Waals surface area (Å²) >= 11 is 0. The van der Waals surface area contributed by atoms with Gasteiger partial charge in [0, 0.05) is 6.54 Å². The van der Waals surface area contributed by atoms with Crippen molar-refractivity contribution in [1.82, 2.24) is 4.90 Å². The lowest BCUT2D eigenvalue weighted by Crippen LogP contribution is -2.29. The molecule has 0 spiro atoms. The molecule has 0 bridgehead atoms. The molecule has 80 valence electrons. The Bertz CT molecular complexity index is 361. The number of carbonyl (C=O) groups excluding carboxylic acids is 1. The minimum Gasteiger partial charge on any atom is -0.359 e. The van der Waals surface area contributed by atoms with Gasteiger partial charge in [0.25, 0.3) is 0 Å². The highest BCUT2D eigenvalue weighted by Crippen LogP contribution is 2.08. The SMILES string of the molecule is O=C(Cc1cccc(F)c1)N1CCOC1. The van der Waals surface area contributed by atoms with Crippen molar-refractivity contribution in [3.05, 3.63) is 35.6 Å². The van der Waals surface area contributed by atoms with Crippen molar-refractivity contribution < 1.29 is 13.9 Å². The molecular weight excluding hydrogens is 197 g/mol. The molecule has 1 aliphatic heterocycles. The van der Waals surface area contributed by atoms with E-state index in [1.54, 1.807) is 17.0 Å². The number of halogens is 1. The van der Waals surface area contributed by atoms with Gasteiger partial charge in [0.05, 0.1) is 13.0 Å². The molecule has 4 heteroatoms. The van der Waals surface area contributed by atoms with Crippen LogP contribution in [0.4, 0.5) is 4.39 Å². The van der Waals surface area contributed by atoms with Crippen molar-refractivity contribution in [1.29, 1.82) is 0 Å². The predicted octanol–water partition coefficient (Wildman–Crippen LogP) is 1.18. The third-order valence-corrected chi connectivity index (χ3v) is 2.35. The smallest absolute Gasteiger partial charge is 0.228 e. The van der Waals surface area contributed by atoms with Crippen LogP contribution in [0.3, 0.4) is 0 Å². The zero-order chi connectivity index (χ0) is 10.7. The maximum absolute atomic E-state index is 12.8. The summed E-state index contributed by atoms with van der Waals surface area (Å²) in [6, 6.07) is 6.11. The number of ether oxygens (including phenoxy) is 1. The second-order valence-corrected chi connectivity index (χ2v) is 3.50. The first-order valence-electron chi connectivity index (χ1n) is 4.85. The maximum Gasteiger partial charge on any atom is 0.228 e. The fraction of sp³-hybridized carbons (Fsp3) is 0.364. The van der Waals surface area contributed by atoms with Crippen LogP contribution >= 0.6 is 0 Å². The van der Waals surface area contributed by atoms with Gasteiger partial charge in [0.1, 0.15) is 12.5 Å². The van der Waals surface area contributed by atoms with Crippen molar-refractivity contribution in [3.8, 4) is 0 Å². The first kappa shape index (κ1) is 10.1. The number of carbonyl (C=O) groups is 1. The molecule has 1 fully saturated rings. The number of nitrogens with zero attached hydrogens (tertiary/aromatic N) is 1. The lowest BCUT2D eigenvalue weighted by atomic mass is 10.1. The average Bonchev–Trinajstić information content (AvgIpc) is 2.70. The van der Waals surface area contributed by atoms with Gasteiger partial charge in [-0.3, -0.25) is 4.79 Å². The second-order valence-electron chi connectivity index (χ2n) is 3.50. The molecule has 2 rings (SSSR count). The van der Waals surface area contributed by atoms with E-state index >= 15 is 0 Å². The van der Waals surface area contributed by atoms with E-state index in [2.05, 4.69) is 0 Å². The molecule has 1 heterocycles. The summed E-state index contributed by atoms with van der Waals surface area (Å²) in [5.41, 5.74) is 0.701. The van der Waals surface area contributed by atoms with Crippen molar-refractivity contribution in [2.75, 3.05) is 19.9 Å². The molecule has 0 aromatic heterocycles. The molecule has 0 N–H and O–H groups in total. The van der Waals surface area contributed by atoms with Gasteiger partial charge in [-0.2, -0.15) is 0 Å². The topological polar surface area (TPSA) is 29.5 Å². The molecule has 3 nitrogen and oxygen atoms in total. The van der Waals surface area contributed by atoms with Gasteiger partial charge in [0.2, 0.25) is 5.91 Å². The third-order valence-electron chi connectivity index (χ3n) is 2.35. The number of hydrogen-bond donors (Lipinski definition) is 0. The Morgan fingerprint density at radius 3 is 3.07 bits per heavy atom. The molecule has 0 aliphatic carbocycles. The summed E-state index contributed by atoms with van der Waals surface area (Å²) < 4.78 is 17.9. The highest BCUT2D eigenvalue weighted by Gasteiger charge is 2.18. The lowest BCUT2D eigenvalue weighted by molar-refractivity contribution is -0.130. The van der Waals surface area contributed by atoms with Gasteiger partial charge in [-0.15, -0.1) is 0 Å². The molecule has 15 heavy (non-hydrogen) atoms. The van der Waals surface area contributed by atoms with E-state index in [9.17, 15) is 9.18 Å². The summed E-state index contributed by atoms with van der Waals surface area (Å²) in [5, 5.41) is 0. The fourth-order valence-corrected chi connectivity index (χ4v) is 1.54. The Labute approximate surface area is 87.5 Å². The number of amides is 1. The molecule has 0 unspecified atom stereocenters. The summed E-state index contributed by atoms with van der Waals surface area (Å²) in [4.78, 5) is 13.3. The van der Waals surface area contributed by atoms with E-state index in [1.165, 1.54) is 12.1 Å². The Kier molecular flexibility index (Phi) is 2.97. The van der Waals surface area contributed by atoms with Gasteiger partial charge in [-0.25, -0.2) is 4.39 Å². The Hall–Kier alpha value is -1.42. The van der Waals surface area contributed by atoms with E-state index in [0.29, 0.717) is 25.4 Å². The Morgan fingerprint density at radius 1 is 1.53 bits per heavy atom. The first-order valence-corrected chi connectivity index (χ1v) is 4.85. The largest absolute Gasteiger partial charge is 0.359 e. The molecule has 0 saturated carbocycles. The summed E-state index contributed by atoms with van der Waals surface area (Å²) in [6.07, 6.45) is 0.237. The normalized spacial score (nSPS) is 15.7. The Balaban J connectivity index is 1.99. The standard InChI is InChI=1S/C11H12FNO2/c12-10-3-1-2-9(6-10)7-11(14)13-4-5-15-8-13/h1-3,6H,4-5,7-8H2. The minimum absolute atomic E-state index is 0.0156. The second kappa shape index (κ2) is 4.40. The van der Waals surface area contributed by atoms with Crippen molar-refractivity contribution in [2.24, 2.45) is 0 Å². The van der Waals surface area contributed by atoms with E-state index in [-0.39, 0.29) is 18.1 Å². The van der Waals surface area contributed by atoms with Gasteiger partial charge in [-0.05, 0) is 17.7 Å². The van der Waals surface area contributed by atoms with Crippen LogP contribution in [-0.4, -0.2) is 30.7 Å². The van der Waals surface area contributed by atoms with E-state index in [4.69, 9.17) is 4.74 Å². The van der Waals surface area contributed by atoms with Crippen molar-refractivity contribution in [3.63, 3.8) is 0 Å². The quantitative estimate of drug-likeness (QED) is 0.732. The number of hydrogen-bond acceptors (Lipinski definition) is 2. The zero-order valence-electron chi connectivity index (χ0n) is 8.28. The fourth-order valence-electron chi connectivity index (χ4n) is 1.54. The van der Waals surface area contributed by atoms with Crippen LogP contribution in [0.25, 0.3) is 0 Å². The summed E-state index contributed by atoms with van der Waals surface area (Å²) in [6.45, 7) is 1.58. The summed E-state index contributed by atoms with van der Waals surface area (Å²) in [7, 11) is 0. The van der Waals surface area contributed by atoms with Crippen LogP contribution in [0, 0.1) is 5.82 Å². The average molecular weight is 209 g/mol. The maximum atomic E-state index is 12.8. The molecule has 1 aromatic carbocycles. The lowest BCUT2D eigenvalue weighted by Gasteiger charge is -2.13. The van der Waals surface area contributed by atoms with Crippen LogP contribution in [0.2, 0.25) is 0 Å². The Morgan fingerprint density at radius 2 is 2.40 bits per heavy atom. The van der Waals surface area contributed by atoms with Crippen LogP contribution in [0.15, 0.2) is 24.3 Å². The van der Waals surface area contributed by atoms with Gasteiger partial charge >= 0.3 is 0 Å². The molecule has 1 aliphatic rings. The predicted molar refractivity (Wildman–Crippen MR) is 52.6 cm³/mol.